The Kier molecular flexibility index (Phi) is 3.99. The number of amides is 1. The first-order valence-electron chi connectivity index (χ1n) is 5.63. The summed E-state index contributed by atoms with van der Waals surface area (Å²) in [4.78, 5) is 13.8. The van der Waals surface area contributed by atoms with Crippen LogP contribution in [-0.2, 0) is 4.79 Å². The van der Waals surface area contributed by atoms with Crippen molar-refractivity contribution in [1.82, 2.24) is 5.32 Å². The molecule has 0 radical (unpaired) electrons. The van der Waals surface area contributed by atoms with Gasteiger partial charge in [0.05, 0.1) is 6.61 Å². The van der Waals surface area contributed by atoms with Gasteiger partial charge in [-0.15, -0.1) is 0 Å². The average Bonchev–Trinajstić information content (AvgIpc) is 2.51. The van der Waals surface area contributed by atoms with Gasteiger partial charge >= 0.3 is 0 Å². The zero-order valence-corrected chi connectivity index (χ0v) is 10.2. The molecule has 17 heavy (non-hydrogen) atoms. The number of carbonyl (C=O) groups is 1. The van der Waals surface area contributed by atoms with Crippen molar-refractivity contribution in [2.24, 2.45) is 0 Å². The first-order valence-corrected chi connectivity index (χ1v) is 6.01. The van der Waals surface area contributed by atoms with Gasteiger partial charge in [0, 0.05) is 17.3 Å². The molecule has 1 heterocycles. The van der Waals surface area contributed by atoms with Crippen molar-refractivity contribution in [3.63, 3.8) is 0 Å². The Hall–Kier alpha value is -1.10. The average molecular weight is 255 g/mol. The van der Waals surface area contributed by atoms with Crippen LogP contribution >= 0.6 is 11.6 Å². The van der Waals surface area contributed by atoms with Crippen molar-refractivity contribution in [3.05, 3.63) is 29.3 Å². The minimum absolute atomic E-state index is 0.104. The molecule has 0 saturated carbocycles. The molecule has 1 fully saturated rings. The third kappa shape index (κ3) is 2.77. The van der Waals surface area contributed by atoms with Crippen molar-refractivity contribution in [2.75, 3.05) is 24.6 Å². The summed E-state index contributed by atoms with van der Waals surface area (Å²) in [5, 5.41) is 12.8. The Morgan fingerprint density at radius 3 is 3.06 bits per heavy atom. The highest BCUT2D eigenvalue weighted by molar-refractivity contribution is 6.30. The molecule has 4 nitrogen and oxygen atoms in total. The van der Waals surface area contributed by atoms with Gasteiger partial charge in [-0.2, -0.15) is 0 Å². The third-order valence-corrected chi connectivity index (χ3v) is 3.05. The Morgan fingerprint density at radius 2 is 2.35 bits per heavy atom. The summed E-state index contributed by atoms with van der Waals surface area (Å²) >= 11 is 5.92. The number of nitrogens with one attached hydrogen (secondary N) is 1. The van der Waals surface area contributed by atoms with Gasteiger partial charge < -0.3 is 15.3 Å². The number of aliphatic hydroxyl groups excluding tert-OH is 1. The van der Waals surface area contributed by atoms with E-state index in [0.717, 1.165) is 18.7 Å². The second-order valence-electron chi connectivity index (χ2n) is 4.01. The van der Waals surface area contributed by atoms with Crippen LogP contribution in [-0.4, -0.2) is 36.8 Å². The van der Waals surface area contributed by atoms with E-state index in [4.69, 9.17) is 16.7 Å². The van der Waals surface area contributed by atoms with E-state index in [2.05, 4.69) is 5.32 Å². The van der Waals surface area contributed by atoms with Crippen LogP contribution in [0.25, 0.3) is 0 Å². The highest BCUT2D eigenvalue weighted by Crippen LogP contribution is 2.21. The summed E-state index contributed by atoms with van der Waals surface area (Å²) in [6.07, 6.45) is 0.856. The van der Waals surface area contributed by atoms with E-state index in [1.165, 1.54) is 0 Å². The fraction of sp³-hybridized carbons (Fsp3) is 0.417. The molecular formula is C12H15ClN2O2. The Morgan fingerprint density at radius 1 is 1.53 bits per heavy atom. The number of aliphatic hydroxyl groups is 1. The molecule has 92 valence electrons. The van der Waals surface area contributed by atoms with Crippen LogP contribution in [0, 0.1) is 0 Å². The number of anilines is 1. The van der Waals surface area contributed by atoms with Gasteiger partial charge in [0.15, 0.2) is 0 Å². The van der Waals surface area contributed by atoms with Gasteiger partial charge in [0.1, 0.15) is 6.04 Å². The Bertz CT molecular complexity index is 411. The molecule has 0 bridgehead atoms. The molecule has 2 rings (SSSR count). The summed E-state index contributed by atoms with van der Waals surface area (Å²) in [6, 6.07) is 6.69. The summed E-state index contributed by atoms with van der Waals surface area (Å²) < 4.78 is 0. The Labute approximate surface area is 105 Å². The lowest BCUT2D eigenvalue weighted by Crippen LogP contribution is -2.45. The summed E-state index contributed by atoms with van der Waals surface area (Å²) in [6.45, 7) is 1.19. The van der Waals surface area contributed by atoms with E-state index < -0.39 is 6.04 Å². The molecule has 2 N–H and O–H groups in total. The van der Waals surface area contributed by atoms with Crippen LogP contribution in [0.1, 0.15) is 6.42 Å². The van der Waals surface area contributed by atoms with Gasteiger partial charge in [-0.25, -0.2) is 0 Å². The highest BCUT2D eigenvalue weighted by atomic mass is 35.5. The van der Waals surface area contributed by atoms with E-state index >= 15 is 0 Å². The lowest BCUT2D eigenvalue weighted by Gasteiger charge is -2.23. The first-order chi connectivity index (χ1) is 8.22. The smallest absolute Gasteiger partial charge is 0.246 e. The van der Waals surface area contributed by atoms with Crippen LogP contribution in [0.2, 0.25) is 5.02 Å². The predicted octanol–water partition coefficient (Wildman–Crippen LogP) is 1.03. The van der Waals surface area contributed by atoms with E-state index in [1.54, 1.807) is 17.0 Å². The lowest BCUT2D eigenvalue weighted by molar-refractivity contribution is -0.121. The Balaban J connectivity index is 2.26. The number of carbonyl (C=O) groups excluding carboxylic acids is 1. The maximum absolute atomic E-state index is 12.1. The standard InChI is InChI=1S/C12H15ClN2O2/c13-9-3-1-4-10(7-9)15-6-2-5-14-11(8-16)12(15)17/h1,3-4,7,11,14,16H,2,5-6,8H2. The molecule has 1 amide bonds. The zero-order valence-electron chi connectivity index (χ0n) is 9.40. The molecular weight excluding hydrogens is 240 g/mol. The maximum atomic E-state index is 12.1. The summed E-state index contributed by atoms with van der Waals surface area (Å²) in [7, 11) is 0. The van der Waals surface area contributed by atoms with Gasteiger partial charge in [0.2, 0.25) is 5.91 Å². The highest BCUT2D eigenvalue weighted by Gasteiger charge is 2.26. The number of halogens is 1. The molecule has 5 heteroatoms. The largest absolute Gasteiger partial charge is 0.394 e. The molecule has 1 aromatic rings. The molecule has 1 aromatic carbocycles. The lowest BCUT2D eigenvalue weighted by atomic mass is 10.2. The van der Waals surface area contributed by atoms with Crippen LogP contribution in [0.5, 0.6) is 0 Å². The van der Waals surface area contributed by atoms with Crippen LogP contribution in [0.4, 0.5) is 5.69 Å². The fourth-order valence-corrected chi connectivity index (χ4v) is 2.13. The number of hydrogen-bond acceptors (Lipinski definition) is 3. The van der Waals surface area contributed by atoms with E-state index in [-0.39, 0.29) is 12.5 Å². The first kappa shape index (κ1) is 12.4. The van der Waals surface area contributed by atoms with Crippen LogP contribution < -0.4 is 10.2 Å². The molecule has 0 aliphatic carbocycles. The fourth-order valence-electron chi connectivity index (χ4n) is 1.94. The van der Waals surface area contributed by atoms with Crippen LogP contribution in [0.15, 0.2) is 24.3 Å². The number of nitrogens with zero attached hydrogens (tertiary/aromatic N) is 1. The normalized spacial score (nSPS) is 21.4. The SMILES string of the molecule is O=C1C(CO)NCCCN1c1cccc(Cl)c1. The monoisotopic (exact) mass is 254 g/mol. The van der Waals surface area contributed by atoms with Gasteiger partial charge in [-0.05, 0) is 31.2 Å². The van der Waals surface area contributed by atoms with Crippen molar-refractivity contribution in [3.8, 4) is 0 Å². The maximum Gasteiger partial charge on any atom is 0.246 e. The van der Waals surface area contributed by atoms with Crippen LogP contribution in [0.3, 0.4) is 0 Å². The van der Waals surface area contributed by atoms with E-state index in [9.17, 15) is 4.79 Å². The zero-order chi connectivity index (χ0) is 12.3. The van der Waals surface area contributed by atoms with Gasteiger partial charge in [-0.1, -0.05) is 17.7 Å². The van der Waals surface area contributed by atoms with Crippen molar-refractivity contribution in [1.29, 1.82) is 0 Å². The molecule has 1 unspecified atom stereocenters. The molecule has 1 saturated heterocycles. The van der Waals surface area contributed by atoms with E-state index in [0.29, 0.717) is 11.6 Å². The van der Waals surface area contributed by atoms with Crippen molar-refractivity contribution < 1.29 is 9.90 Å². The third-order valence-electron chi connectivity index (χ3n) is 2.82. The van der Waals surface area contributed by atoms with Gasteiger partial charge in [-0.3, -0.25) is 4.79 Å². The molecule has 1 aliphatic rings. The number of rotatable bonds is 2. The molecule has 1 aliphatic heterocycles. The topological polar surface area (TPSA) is 52.6 Å². The van der Waals surface area contributed by atoms with Crippen molar-refractivity contribution in [2.45, 2.75) is 12.5 Å². The summed E-state index contributed by atoms with van der Waals surface area (Å²) in [5.41, 5.74) is 0.782. The van der Waals surface area contributed by atoms with Crippen molar-refractivity contribution >= 4 is 23.2 Å². The second kappa shape index (κ2) is 5.49. The summed E-state index contributed by atoms with van der Waals surface area (Å²) in [5.74, 6) is -0.104. The molecule has 0 spiro atoms. The minimum Gasteiger partial charge on any atom is -0.394 e. The quantitative estimate of drug-likeness (QED) is 0.829. The molecule has 1 atom stereocenters. The van der Waals surface area contributed by atoms with Gasteiger partial charge in [0.25, 0.3) is 0 Å². The predicted molar refractivity (Wildman–Crippen MR) is 67.3 cm³/mol. The van der Waals surface area contributed by atoms with E-state index in [1.807, 2.05) is 12.1 Å². The number of hydrogen-bond donors (Lipinski definition) is 2. The minimum atomic E-state index is -0.517. The molecule has 0 aromatic heterocycles. The second-order valence-corrected chi connectivity index (χ2v) is 4.45. The number of benzene rings is 1.